The summed E-state index contributed by atoms with van der Waals surface area (Å²) in [5, 5.41) is 3.03. The van der Waals surface area contributed by atoms with Gasteiger partial charge in [0, 0.05) is 13.1 Å². The fourth-order valence-electron chi connectivity index (χ4n) is 3.88. The first kappa shape index (κ1) is 25.8. The van der Waals surface area contributed by atoms with Gasteiger partial charge in [-0.1, -0.05) is 80.6 Å². The van der Waals surface area contributed by atoms with Gasteiger partial charge in [0.05, 0.1) is 20.6 Å². The van der Waals surface area contributed by atoms with Crippen molar-refractivity contribution >= 4 is 11.8 Å². The Bertz CT molecular complexity index is 1100. The molecule has 3 rings (SSSR count). The summed E-state index contributed by atoms with van der Waals surface area (Å²) in [6.07, 6.45) is 0.119. The number of amides is 2. The molecule has 0 saturated heterocycles. The van der Waals surface area contributed by atoms with E-state index in [2.05, 4.69) is 5.32 Å². The van der Waals surface area contributed by atoms with Crippen molar-refractivity contribution < 1.29 is 19.1 Å². The number of methoxy groups -OCH3 is 2. The van der Waals surface area contributed by atoms with Gasteiger partial charge < -0.3 is 19.7 Å². The Morgan fingerprint density at radius 2 is 1.46 bits per heavy atom. The van der Waals surface area contributed by atoms with Crippen molar-refractivity contribution in [3.05, 3.63) is 95.6 Å². The van der Waals surface area contributed by atoms with Gasteiger partial charge in [-0.3, -0.25) is 9.59 Å². The molecule has 0 spiro atoms. The van der Waals surface area contributed by atoms with Gasteiger partial charge in [0.1, 0.15) is 6.04 Å². The number of benzene rings is 3. The molecule has 0 fully saturated rings. The molecule has 184 valence electrons. The normalized spacial score (nSPS) is 11.6. The van der Waals surface area contributed by atoms with E-state index in [1.807, 2.05) is 80.6 Å². The number of carbonyl (C=O) groups excluding carboxylic acids is 2. The summed E-state index contributed by atoms with van der Waals surface area (Å²) in [4.78, 5) is 28.9. The maximum absolute atomic E-state index is 13.8. The molecular weight excluding hydrogens is 440 g/mol. The van der Waals surface area contributed by atoms with Crippen LogP contribution in [0.3, 0.4) is 0 Å². The molecule has 6 heteroatoms. The molecule has 0 saturated carbocycles. The third-order valence-electron chi connectivity index (χ3n) is 5.68. The quantitative estimate of drug-likeness (QED) is 0.434. The second kappa shape index (κ2) is 12.6. The minimum atomic E-state index is -0.761. The Balaban J connectivity index is 1.98. The van der Waals surface area contributed by atoms with E-state index < -0.39 is 6.04 Å². The van der Waals surface area contributed by atoms with Crippen LogP contribution in [-0.2, 0) is 22.6 Å². The van der Waals surface area contributed by atoms with Crippen LogP contribution >= 0.6 is 0 Å². The number of ether oxygens (including phenoxy) is 2. The summed E-state index contributed by atoms with van der Waals surface area (Å²) in [5.41, 5.74) is 2.50. The van der Waals surface area contributed by atoms with Gasteiger partial charge >= 0.3 is 0 Å². The zero-order chi connectivity index (χ0) is 25.2. The summed E-state index contributed by atoms with van der Waals surface area (Å²) < 4.78 is 10.7. The third kappa shape index (κ3) is 7.09. The Hall–Kier alpha value is -3.80. The number of hydrogen-bond acceptors (Lipinski definition) is 4. The van der Waals surface area contributed by atoms with Crippen LogP contribution in [0.2, 0.25) is 0 Å². The Morgan fingerprint density at radius 1 is 0.829 bits per heavy atom. The molecule has 0 aliphatic rings. The highest BCUT2D eigenvalue weighted by Gasteiger charge is 2.31. The number of hydrogen-bond donors (Lipinski definition) is 1. The Labute approximate surface area is 207 Å². The molecule has 1 atom stereocenters. The standard InChI is InChI=1S/C29H34N2O4/c1-21(2)19-30-29(33)28(24-13-9-6-10-14-24)31(20-22-11-7-5-8-12-22)27(32)18-23-15-16-25(34-3)26(17-23)35-4/h5-17,21,28H,18-20H2,1-4H3,(H,30,33). The predicted molar refractivity (Wildman–Crippen MR) is 137 cm³/mol. The van der Waals surface area contributed by atoms with Crippen molar-refractivity contribution in [1.82, 2.24) is 10.2 Å². The van der Waals surface area contributed by atoms with Crippen LogP contribution in [-0.4, -0.2) is 37.5 Å². The van der Waals surface area contributed by atoms with Crippen LogP contribution in [0.25, 0.3) is 0 Å². The number of nitrogens with one attached hydrogen (secondary N) is 1. The van der Waals surface area contributed by atoms with E-state index in [0.717, 1.165) is 16.7 Å². The molecule has 0 aromatic heterocycles. The molecule has 35 heavy (non-hydrogen) atoms. The van der Waals surface area contributed by atoms with Crippen molar-refractivity contribution in [3.8, 4) is 11.5 Å². The van der Waals surface area contributed by atoms with Crippen molar-refractivity contribution in [3.63, 3.8) is 0 Å². The van der Waals surface area contributed by atoms with Crippen LogP contribution < -0.4 is 14.8 Å². The SMILES string of the molecule is COc1ccc(CC(=O)N(Cc2ccccc2)C(C(=O)NCC(C)C)c2ccccc2)cc1OC. The lowest BCUT2D eigenvalue weighted by Gasteiger charge is -2.32. The van der Waals surface area contributed by atoms with Gasteiger partial charge in [0.25, 0.3) is 0 Å². The highest BCUT2D eigenvalue weighted by molar-refractivity contribution is 5.89. The van der Waals surface area contributed by atoms with Gasteiger partial charge in [-0.15, -0.1) is 0 Å². The summed E-state index contributed by atoms with van der Waals surface area (Å²) >= 11 is 0. The molecule has 0 radical (unpaired) electrons. The molecular formula is C29H34N2O4. The summed E-state index contributed by atoms with van der Waals surface area (Å²) in [7, 11) is 3.14. The van der Waals surface area contributed by atoms with Gasteiger partial charge in [-0.25, -0.2) is 0 Å². The van der Waals surface area contributed by atoms with Crippen molar-refractivity contribution in [2.24, 2.45) is 5.92 Å². The second-order valence-corrected chi connectivity index (χ2v) is 8.83. The topological polar surface area (TPSA) is 67.9 Å². The summed E-state index contributed by atoms with van der Waals surface area (Å²) in [6, 6.07) is 23.8. The van der Waals surface area contributed by atoms with Gasteiger partial charge in [0.2, 0.25) is 11.8 Å². The van der Waals surface area contributed by atoms with E-state index in [4.69, 9.17) is 9.47 Å². The zero-order valence-electron chi connectivity index (χ0n) is 20.9. The molecule has 0 aliphatic carbocycles. The molecule has 0 bridgehead atoms. The van der Waals surface area contributed by atoms with E-state index in [9.17, 15) is 9.59 Å². The maximum atomic E-state index is 13.8. The molecule has 3 aromatic rings. The van der Waals surface area contributed by atoms with Crippen LogP contribution in [0.15, 0.2) is 78.9 Å². The van der Waals surface area contributed by atoms with Crippen molar-refractivity contribution in [1.29, 1.82) is 0 Å². The van der Waals surface area contributed by atoms with Gasteiger partial charge in [-0.2, -0.15) is 0 Å². The Kier molecular flexibility index (Phi) is 9.30. The number of carbonyl (C=O) groups is 2. The highest BCUT2D eigenvalue weighted by atomic mass is 16.5. The highest BCUT2D eigenvalue weighted by Crippen LogP contribution is 2.29. The zero-order valence-corrected chi connectivity index (χ0v) is 20.9. The first-order valence-electron chi connectivity index (χ1n) is 11.8. The van der Waals surface area contributed by atoms with Gasteiger partial charge in [0.15, 0.2) is 11.5 Å². The molecule has 1 unspecified atom stereocenters. The molecule has 2 amide bonds. The van der Waals surface area contributed by atoms with Crippen molar-refractivity contribution in [2.45, 2.75) is 32.9 Å². The van der Waals surface area contributed by atoms with Gasteiger partial charge in [-0.05, 0) is 34.7 Å². The number of nitrogens with zero attached hydrogens (tertiary/aromatic N) is 1. The first-order valence-corrected chi connectivity index (χ1v) is 11.8. The fraction of sp³-hybridized carbons (Fsp3) is 0.310. The van der Waals surface area contributed by atoms with E-state index in [0.29, 0.717) is 30.5 Å². The third-order valence-corrected chi connectivity index (χ3v) is 5.68. The average Bonchev–Trinajstić information content (AvgIpc) is 2.88. The van der Waals surface area contributed by atoms with E-state index in [1.165, 1.54) is 0 Å². The van der Waals surface area contributed by atoms with Crippen LogP contribution in [0.1, 0.15) is 36.6 Å². The lowest BCUT2D eigenvalue weighted by Crippen LogP contribution is -2.44. The minimum Gasteiger partial charge on any atom is -0.493 e. The first-order chi connectivity index (χ1) is 16.9. The molecule has 0 heterocycles. The molecule has 0 aliphatic heterocycles. The summed E-state index contributed by atoms with van der Waals surface area (Å²) in [6.45, 7) is 4.93. The largest absolute Gasteiger partial charge is 0.493 e. The summed E-state index contributed by atoms with van der Waals surface area (Å²) in [5.74, 6) is 1.10. The minimum absolute atomic E-state index is 0.119. The van der Waals surface area contributed by atoms with E-state index in [-0.39, 0.29) is 18.2 Å². The van der Waals surface area contributed by atoms with E-state index in [1.54, 1.807) is 31.3 Å². The van der Waals surface area contributed by atoms with Crippen LogP contribution in [0.4, 0.5) is 0 Å². The Morgan fingerprint density at radius 3 is 2.06 bits per heavy atom. The van der Waals surface area contributed by atoms with Crippen LogP contribution in [0, 0.1) is 5.92 Å². The molecule has 1 N–H and O–H groups in total. The predicted octanol–water partition coefficient (Wildman–Crippen LogP) is 4.79. The average molecular weight is 475 g/mol. The van der Waals surface area contributed by atoms with Crippen LogP contribution in [0.5, 0.6) is 11.5 Å². The van der Waals surface area contributed by atoms with E-state index >= 15 is 0 Å². The second-order valence-electron chi connectivity index (χ2n) is 8.83. The van der Waals surface area contributed by atoms with Crippen molar-refractivity contribution in [2.75, 3.05) is 20.8 Å². The monoisotopic (exact) mass is 474 g/mol. The lowest BCUT2D eigenvalue weighted by molar-refractivity contribution is -0.141. The smallest absolute Gasteiger partial charge is 0.247 e. The molecule has 3 aromatic carbocycles. The number of rotatable bonds is 11. The molecule has 6 nitrogen and oxygen atoms in total. The maximum Gasteiger partial charge on any atom is 0.247 e. The lowest BCUT2D eigenvalue weighted by atomic mass is 10.0. The fourth-order valence-corrected chi connectivity index (χ4v) is 3.88.